The summed E-state index contributed by atoms with van der Waals surface area (Å²) >= 11 is 9.13. The van der Waals surface area contributed by atoms with Crippen LogP contribution in [-0.4, -0.2) is 14.0 Å². The standard InChI is InChI=1S/C14H21BrClNO2S/c1-13(2,3)9-14(4,5)17-20(18,19)10-6-7-12(16)11(15)8-10/h6-8,17H,9H2,1-5H3. The van der Waals surface area contributed by atoms with Gasteiger partial charge in [-0.05, 0) is 59.8 Å². The monoisotopic (exact) mass is 381 g/mol. The lowest BCUT2D eigenvalue weighted by Crippen LogP contribution is -2.45. The molecule has 1 aromatic rings. The molecule has 1 aromatic carbocycles. The molecule has 20 heavy (non-hydrogen) atoms. The molecule has 0 radical (unpaired) electrons. The summed E-state index contributed by atoms with van der Waals surface area (Å²) in [7, 11) is -3.57. The Morgan fingerprint density at radius 2 is 1.75 bits per heavy atom. The second-order valence-corrected chi connectivity index (χ2v) is 9.75. The van der Waals surface area contributed by atoms with Crippen molar-refractivity contribution < 1.29 is 8.42 Å². The van der Waals surface area contributed by atoms with Crippen LogP contribution in [0.3, 0.4) is 0 Å². The molecular formula is C14H21BrClNO2S. The zero-order chi connectivity index (χ0) is 15.8. The summed E-state index contributed by atoms with van der Waals surface area (Å²) in [4.78, 5) is 0.204. The third-order valence-corrected chi connectivity index (χ3v) is 5.49. The van der Waals surface area contributed by atoms with Crippen molar-refractivity contribution >= 4 is 37.6 Å². The van der Waals surface area contributed by atoms with Crippen LogP contribution in [0, 0.1) is 5.41 Å². The van der Waals surface area contributed by atoms with Crippen LogP contribution in [0.4, 0.5) is 0 Å². The van der Waals surface area contributed by atoms with Gasteiger partial charge < -0.3 is 0 Å². The Morgan fingerprint density at radius 1 is 1.20 bits per heavy atom. The molecule has 0 bridgehead atoms. The first kappa shape index (κ1) is 18.0. The molecule has 1 N–H and O–H groups in total. The molecule has 0 saturated carbocycles. The molecule has 0 aliphatic heterocycles. The summed E-state index contributed by atoms with van der Waals surface area (Å²) < 4.78 is 28.2. The van der Waals surface area contributed by atoms with Gasteiger partial charge in [0.2, 0.25) is 10.0 Å². The predicted molar refractivity (Wildman–Crippen MR) is 87.6 cm³/mol. The number of sulfonamides is 1. The van der Waals surface area contributed by atoms with Crippen LogP contribution >= 0.6 is 27.5 Å². The van der Waals surface area contributed by atoms with Gasteiger partial charge in [-0.15, -0.1) is 0 Å². The molecule has 114 valence electrons. The van der Waals surface area contributed by atoms with Gasteiger partial charge in [0.15, 0.2) is 0 Å². The van der Waals surface area contributed by atoms with E-state index in [1.165, 1.54) is 12.1 Å². The zero-order valence-electron chi connectivity index (χ0n) is 12.4. The Bertz CT molecular complexity index is 592. The molecule has 0 fully saturated rings. The first-order chi connectivity index (χ1) is 8.82. The van der Waals surface area contributed by atoms with E-state index in [-0.39, 0.29) is 10.3 Å². The summed E-state index contributed by atoms with van der Waals surface area (Å²) in [6.07, 6.45) is 0.730. The predicted octanol–water partition coefficient (Wildman–Crippen LogP) is 4.60. The fourth-order valence-corrected chi connectivity index (χ4v) is 4.51. The van der Waals surface area contributed by atoms with Crippen molar-refractivity contribution in [1.29, 1.82) is 0 Å². The molecule has 0 atom stereocenters. The van der Waals surface area contributed by atoms with Crippen LogP contribution in [0.25, 0.3) is 0 Å². The topological polar surface area (TPSA) is 46.2 Å². The Labute approximate surface area is 135 Å². The van der Waals surface area contributed by atoms with Crippen LogP contribution in [0.1, 0.15) is 41.0 Å². The van der Waals surface area contributed by atoms with Gasteiger partial charge in [0, 0.05) is 10.0 Å². The van der Waals surface area contributed by atoms with Crippen molar-refractivity contribution in [2.45, 2.75) is 51.5 Å². The number of rotatable bonds is 4. The average Bonchev–Trinajstić information content (AvgIpc) is 2.16. The van der Waals surface area contributed by atoms with E-state index in [9.17, 15) is 8.42 Å². The van der Waals surface area contributed by atoms with Crippen molar-refractivity contribution in [2.75, 3.05) is 0 Å². The maximum atomic E-state index is 12.4. The second kappa shape index (κ2) is 5.95. The largest absolute Gasteiger partial charge is 0.241 e. The Kier molecular flexibility index (Phi) is 5.34. The van der Waals surface area contributed by atoms with Gasteiger partial charge in [0.25, 0.3) is 0 Å². The molecule has 0 aromatic heterocycles. The molecule has 0 spiro atoms. The quantitative estimate of drug-likeness (QED) is 0.827. The van der Waals surface area contributed by atoms with Gasteiger partial charge in [-0.1, -0.05) is 32.4 Å². The highest BCUT2D eigenvalue weighted by atomic mass is 79.9. The minimum Gasteiger partial charge on any atom is -0.207 e. The summed E-state index contributed by atoms with van der Waals surface area (Å²) in [5, 5.41) is 0.484. The third kappa shape index (κ3) is 5.35. The molecule has 0 amide bonds. The lowest BCUT2D eigenvalue weighted by Gasteiger charge is -2.33. The molecule has 6 heteroatoms. The summed E-state index contributed by atoms with van der Waals surface area (Å²) in [5.74, 6) is 0. The van der Waals surface area contributed by atoms with Gasteiger partial charge >= 0.3 is 0 Å². The van der Waals surface area contributed by atoms with E-state index in [0.29, 0.717) is 9.50 Å². The van der Waals surface area contributed by atoms with E-state index in [0.717, 1.165) is 6.42 Å². The fourth-order valence-electron chi connectivity index (χ4n) is 2.43. The van der Waals surface area contributed by atoms with E-state index in [4.69, 9.17) is 11.6 Å². The average molecular weight is 383 g/mol. The van der Waals surface area contributed by atoms with Crippen molar-refractivity contribution in [2.24, 2.45) is 5.41 Å². The van der Waals surface area contributed by atoms with Crippen molar-refractivity contribution in [3.05, 3.63) is 27.7 Å². The number of benzene rings is 1. The Hall–Kier alpha value is -0.100. The molecular weight excluding hydrogens is 362 g/mol. The Balaban J connectivity index is 3.03. The van der Waals surface area contributed by atoms with Crippen LogP contribution in [0.5, 0.6) is 0 Å². The lowest BCUT2D eigenvalue weighted by molar-refractivity contribution is 0.269. The molecule has 1 rings (SSSR count). The van der Waals surface area contributed by atoms with Crippen LogP contribution in [0.2, 0.25) is 5.02 Å². The van der Waals surface area contributed by atoms with E-state index in [2.05, 4.69) is 41.4 Å². The molecule has 0 saturated heterocycles. The maximum absolute atomic E-state index is 12.4. The fraction of sp³-hybridized carbons (Fsp3) is 0.571. The van der Waals surface area contributed by atoms with Gasteiger partial charge in [-0.25, -0.2) is 13.1 Å². The first-order valence-electron chi connectivity index (χ1n) is 6.31. The number of nitrogens with one attached hydrogen (secondary N) is 1. The molecule has 3 nitrogen and oxygen atoms in total. The second-order valence-electron chi connectivity index (χ2n) is 6.80. The van der Waals surface area contributed by atoms with Gasteiger partial charge in [0.1, 0.15) is 0 Å². The van der Waals surface area contributed by atoms with Crippen molar-refractivity contribution in [3.8, 4) is 0 Å². The Morgan fingerprint density at radius 3 is 2.20 bits per heavy atom. The van der Waals surface area contributed by atoms with Crippen LogP contribution in [-0.2, 0) is 10.0 Å². The molecule has 0 aliphatic rings. The minimum absolute atomic E-state index is 0.0343. The SMILES string of the molecule is CC(C)(C)CC(C)(C)NS(=O)(=O)c1ccc(Cl)c(Br)c1. The van der Waals surface area contributed by atoms with E-state index in [1.807, 2.05) is 13.8 Å². The highest BCUT2D eigenvalue weighted by Gasteiger charge is 2.30. The number of hydrogen-bond acceptors (Lipinski definition) is 2. The number of hydrogen-bond donors (Lipinski definition) is 1. The summed E-state index contributed by atoms with van der Waals surface area (Å²) in [6.45, 7) is 10.0. The molecule has 0 unspecified atom stereocenters. The summed E-state index contributed by atoms with van der Waals surface area (Å²) in [6, 6.07) is 4.58. The van der Waals surface area contributed by atoms with Gasteiger partial charge in [-0.3, -0.25) is 0 Å². The van der Waals surface area contributed by atoms with E-state index in [1.54, 1.807) is 6.07 Å². The zero-order valence-corrected chi connectivity index (χ0v) is 15.6. The molecule has 0 aliphatic carbocycles. The first-order valence-corrected chi connectivity index (χ1v) is 8.97. The van der Waals surface area contributed by atoms with E-state index >= 15 is 0 Å². The minimum atomic E-state index is -3.57. The number of halogens is 2. The van der Waals surface area contributed by atoms with E-state index < -0.39 is 15.6 Å². The molecule has 0 heterocycles. The highest BCUT2D eigenvalue weighted by molar-refractivity contribution is 9.10. The lowest BCUT2D eigenvalue weighted by atomic mass is 9.82. The van der Waals surface area contributed by atoms with Gasteiger partial charge in [0.05, 0.1) is 9.92 Å². The van der Waals surface area contributed by atoms with Crippen molar-refractivity contribution in [3.63, 3.8) is 0 Å². The normalized spacial score (nSPS) is 13.6. The smallest absolute Gasteiger partial charge is 0.207 e. The maximum Gasteiger partial charge on any atom is 0.241 e. The van der Waals surface area contributed by atoms with Crippen LogP contribution < -0.4 is 4.72 Å². The summed E-state index contributed by atoms with van der Waals surface area (Å²) in [5.41, 5.74) is -0.490. The van der Waals surface area contributed by atoms with Crippen molar-refractivity contribution in [1.82, 2.24) is 4.72 Å². The van der Waals surface area contributed by atoms with Crippen LogP contribution in [0.15, 0.2) is 27.6 Å². The highest BCUT2D eigenvalue weighted by Crippen LogP contribution is 2.29. The third-order valence-electron chi connectivity index (χ3n) is 2.58. The van der Waals surface area contributed by atoms with Gasteiger partial charge in [-0.2, -0.15) is 0 Å².